The van der Waals surface area contributed by atoms with Gasteiger partial charge in [-0.1, -0.05) is 12.2 Å². The third-order valence-electron chi connectivity index (χ3n) is 4.83. The van der Waals surface area contributed by atoms with E-state index in [4.69, 9.17) is 0 Å². The highest BCUT2D eigenvalue weighted by atomic mass is 32.1. The minimum Gasteiger partial charge on any atom is -0.506 e. The number of nitro benzene ring substituents is 1. The average molecular weight is 328 g/mol. The van der Waals surface area contributed by atoms with E-state index in [1.807, 2.05) is 0 Å². The van der Waals surface area contributed by atoms with Gasteiger partial charge in [-0.25, -0.2) is 0 Å². The van der Waals surface area contributed by atoms with Crippen molar-refractivity contribution in [1.29, 1.82) is 0 Å². The van der Waals surface area contributed by atoms with Crippen LogP contribution in [0, 0.1) is 23.0 Å². The number of benzene rings is 1. The number of phenolic OH excluding ortho intramolecular Hbond substituents is 1. The van der Waals surface area contributed by atoms with Crippen LogP contribution in [0.2, 0.25) is 0 Å². The lowest BCUT2D eigenvalue weighted by Crippen LogP contribution is -2.29. The first-order chi connectivity index (χ1) is 11.1. The van der Waals surface area contributed by atoms with Crippen LogP contribution in [0.15, 0.2) is 35.7 Å². The molecule has 23 heavy (non-hydrogen) atoms. The summed E-state index contributed by atoms with van der Waals surface area (Å²) in [7, 11) is 0. The molecule has 0 fully saturated rings. The van der Waals surface area contributed by atoms with Crippen molar-refractivity contribution in [2.75, 3.05) is 5.32 Å². The second-order valence-corrected chi connectivity index (χ2v) is 7.08. The van der Waals surface area contributed by atoms with E-state index in [0.717, 1.165) is 12.0 Å². The summed E-state index contributed by atoms with van der Waals surface area (Å²) in [5, 5.41) is 26.9. The summed E-state index contributed by atoms with van der Waals surface area (Å²) in [6, 6.07) is 5.04. The van der Waals surface area contributed by atoms with Crippen molar-refractivity contribution in [3.8, 4) is 5.75 Å². The molecule has 1 aromatic heterocycles. The summed E-state index contributed by atoms with van der Waals surface area (Å²) in [6.45, 7) is 2.09. The van der Waals surface area contributed by atoms with Gasteiger partial charge in [0.25, 0.3) is 5.69 Å². The van der Waals surface area contributed by atoms with Crippen LogP contribution < -0.4 is 5.32 Å². The van der Waals surface area contributed by atoms with Gasteiger partial charge in [0.15, 0.2) is 0 Å². The summed E-state index contributed by atoms with van der Waals surface area (Å²) >= 11 is 1.71. The first-order valence-corrected chi connectivity index (χ1v) is 8.42. The molecule has 2 aliphatic rings. The van der Waals surface area contributed by atoms with Crippen LogP contribution in [-0.2, 0) is 0 Å². The van der Waals surface area contributed by atoms with Crippen LogP contribution in [0.1, 0.15) is 34.4 Å². The quantitative estimate of drug-likeness (QED) is 0.368. The molecule has 0 bridgehead atoms. The van der Waals surface area contributed by atoms with E-state index in [-0.39, 0.29) is 23.4 Å². The highest BCUT2D eigenvalue weighted by molar-refractivity contribution is 7.10. The third kappa shape index (κ3) is 2.13. The van der Waals surface area contributed by atoms with Gasteiger partial charge in [-0.2, -0.15) is 0 Å². The van der Waals surface area contributed by atoms with Gasteiger partial charge < -0.3 is 10.4 Å². The molecular weight excluding hydrogens is 312 g/mol. The van der Waals surface area contributed by atoms with Gasteiger partial charge >= 0.3 is 0 Å². The Hall–Kier alpha value is -2.34. The van der Waals surface area contributed by atoms with Crippen LogP contribution in [0.5, 0.6) is 5.75 Å². The molecule has 0 spiro atoms. The maximum absolute atomic E-state index is 11.1. The van der Waals surface area contributed by atoms with E-state index in [9.17, 15) is 15.2 Å². The smallest absolute Gasteiger partial charge is 0.273 e. The van der Waals surface area contributed by atoms with Crippen LogP contribution >= 0.6 is 11.3 Å². The number of phenols is 1. The summed E-state index contributed by atoms with van der Waals surface area (Å²) in [6.07, 6.45) is 5.18. The number of aromatic hydroxyl groups is 1. The average Bonchev–Trinajstić information content (AvgIpc) is 3.15. The number of hydrogen-bond acceptors (Lipinski definition) is 5. The topological polar surface area (TPSA) is 75.4 Å². The summed E-state index contributed by atoms with van der Waals surface area (Å²) in [4.78, 5) is 11.9. The lowest BCUT2D eigenvalue weighted by atomic mass is 9.78. The molecule has 3 unspecified atom stereocenters. The summed E-state index contributed by atoms with van der Waals surface area (Å²) in [5.74, 6) is 0.372. The maximum atomic E-state index is 11.1. The third-order valence-corrected chi connectivity index (χ3v) is 5.93. The van der Waals surface area contributed by atoms with E-state index in [1.54, 1.807) is 17.4 Å². The zero-order valence-electron chi connectivity index (χ0n) is 12.5. The second kappa shape index (κ2) is 5.09. The zero-order chi connectivity index (χ0) is 16.1. The molecular formula is C17H16N2O3S. The molecule has 118 valence electrons. The van der Waals surface area contributed by atoms with E-state index in [1.165, 1.54) is 16.5 Å². The Morgan fingerprint density at radius 2 is 2.26 bits per heavy atom. The van der Waals surface area contributed by atoms with Crippen LogP contribution in [0.3, 0.4) is 0 Å². The number of fused-ring (bicyclic) bond motifs is 3. The van der Waals surface area contributed by atoms with Crippen molar-refractivity contribution in [3.63, 3.8) is 0 Å². The fourth-order valence-electron chi connectivity index (χ4n) is 3.73. The number of nitro groups is 1. The molecule has 4 rings (SSSR count). The molecule has 0 saturated carbocycles. The number of anilines is 1. The van der Waals surface area contributed by atoms with Gasteiger partial charge in [-0.15, -0.1) is 11.3 Å². The molecule has 1 aliphatic carbocycles. The minimum atomic E-state index is -0.455. The van der Waals surface area contributed by atoms with Crippen molar-refractivity contribution in [2.45, 2.75) is 25.3 Å². The normalized spacial score (nSPS) is 24.8. The first-order valence-electron chi connectivity index (χ1n) is 7.54. The molecule has 2 aromatic rings. The van der Waals surface area contributed by atoms with Crippen molar-refractivity contribution in [2.24, 2.45) is 5.92 Å². The number of rotatable bonds is 2. The fraction of sp³-hybridized carbons (Fsp3) is 0.294. The zero-order valence-corrected chi connectivity index (χ0v) is 13.3. The molecule has 1 aliphatic heterocycles. The number of non-ortho nitro benzene ring substituents is 1. The number of nitrogens with zero attached hydrogens (tertiary/aromatic N) is 1. The lowest BCUT2D eigenvalue weighted by Gasteiger charge is -2.37. The Kier molecular flexibility index (Phi) is 3.16. The molecule has 0 radical (unpaired) electrons. The number of hydrogen-bond donors (Lipinski definition) is 2. The van der Waals surface area contributed by atoms with Crippen molar-refractivity contribution < 1.29 is 10.0 Å². The van der Waals surface area contributed by atoms with Crippen molar-refractivity contribution >= 4 is 22.7 Å². The standard InChI is InChI=1S/C17H16N2O3S/c1-9-5-6-23-17(9)16-12-4-2-3-11(12)13-7-10(19(21)22)8-14(20)15(13)18-16/h2-3,5-8,11-12,16,18,20H,4H2,1H3. The van der Waals surface area contributed by atoms with Gasteiger partial charge in [0.1, 0.15) is 5.75 Å². The molecule has 0 amide bonds. The fourth-order valence-corrected chi connectivity index (χ4v) is 4.79. The largest absolute Gasteiger partial charge is 0.506 e. The van der Waals surface area contributed by atoms with Crippen molar-refractivity contribution in [3.05, 3.63) is 61.8 Å². The van der Waals surface area contributed by atoms with Gasteiger partial charge in [-0.05, 0) is 41.8 Å². The van der Waals surface area contributed by atoms with Gasteiger partial charge in [0, 0.05) is 16.9 Å². The first kappa shape index (κ1) is 14.3. The summed E-state index contributed by atoms with van der Waals surface area (Å²) in [5.41, 5.74) is 2.62. The second-order valence-electron chi connectivity index (χ2n) is 6.13. The highest BCUT2D eigenvalue weighted by Gasteiger charge is 2.40. The Labute approximate surface area is 137 Å². The van der Waals surface area contributed by atoms with Crippen LogP contribution in [0.25, 0.3) is 0 Å². The minimum absolute atomic E-state index is 0.0489. The molecule has 2 heterocycles. The maximum Gasteiger partial charge on any atom is 0.273 e. The predicted octanol–water partition coefficient (Wildman–Crippen LogP) is 4.50. The predicted molar refractivity (Wildman–Crippen MR) is 90.2 cm³/mol. The van der Waals surface area contributed by atoms with Gasteiger partial charge in [0.2, 0.25) is 0 Å². The molecule has 3 atom stereocenters. The number of allylic oxidation sites excluding steroid dienone is 2. The van der Waals surface area contributed by atoms with Gasteiger partial charge in [-0.3, -0.25) is 10.1 Å². The molecule has 0 saturated heterocycles. The Balaban J connectivity index is 1.85. The Morgan fingerprint density at radius 1 is 1.43 bits per heavy atom. The van der Waals surface area contributed by atoms with E-state index >= 15 is 0 Å². The van der Waals surface area contributed by atoms with E-state index in [2.05, 4.69) is 35.8 Å². The highest BCUT2D eigenvalue weighted by Crippen LogP contribution is 2.53. The lowest BCUT2D eigenvalue weighted by molar-refractivity contribution is -0.385. The molecule has 5 nitrogen and oxygen atoms in total. The number of nitrogens with one attached hydrogen (secondary N) is 1. The molecule has 6 heteroatoms. The molecule has 1 aromatic carbocycles. The van der Waals surface area contributed by atoms with Crippen LogP contribution in [0.4, 0.5) is 11.4 Å². The Bertz CT molecular complexity index is 827. The SMILES string of the molecule is Cc1ccsc1C1Nc2c(O)cc([N+](=O)[O-])cc2C2C=CCC21. The number of aryl methyl sites for hydroxylation is 1. The van der Waals surface area contributed by atoms with Gasteiger partial charge in [0.05, 0.1) is 22.7 Å². The number of thiophene rings is 1. The summed E-state index contributed by atoms with van der Waals surface area (Å²) < 4.78 is 0. The van der Waals surface area contributed by atoms with E-state index < -0.39 is 4.92 Å². The van der Waals surface area contributed by atoms with Crippen molar-refractivity contribution in [1.82, 2.24) is 0 Å². The van der Waals surface area contributed by atoms with E-state index in [0.29, 0.717) is 11.6 Å². The molecule has 2 N–H and O–H groups in total. The Morgan fingerprint density at radius 3 is 2.96 bits per heavy atom. The van der Waals surface area contributed by atoms with Crippen LogP contribution in [-0.4, -0.2) is 10.0 Å². The monoisotopic (exact) mass is 328 g/mol.